The second-order valence-electron chi connectivity index (χ2n) is 4.67. The fraction of sp³-hybridized carbons (Fsp3) is 0.294. The van der Waals surface area contributed by atoms with Crippen LogP contribution in [0.2, 0.25) is 0 Å². The highest BCUT2D eigenvalue weighted by atomic mass is 16.6. The van der Waals surface area contributed by atoms with Gasteiger partial charge in [0.25, 0.3) is 0 Å². The highest BCUT2D eigenvalue weighted by Crippen LogP contribution is 2.32. The minimum atomic E-state index is 0.874. The molecule has 0 atom stereocenters. The van der Waals surface area contributed by atoms with Crippen LogP contribution in [0.15, 0.2) is 48.5 Å². The molecule has 0 heterocycles. The van der Waals surface area contributed by atoms with Crippen molar-refractivity contribution in [1.29, 1.82) is 0 Å². The molecule has 0 aromatic heterocycles. The summed E-state index contributed by atoms with van der Waals surface area (Å²) in [5.41, 5.74) is 6.51. The Morgan fingerprint density at radius 2 is 1.79 bits per heavy atom. The Kier molecular flexibility index (Phi) is 4.99. The largest absolute Gasteiger partial charge is 0.408 e. The Bertz CT molecular complexity index is 508. The van der Waals surface area contributed by atoms with E-state index in [-0.39, 0.29) is 0 Å². The van der Waals surface area contributed by atoms with Crippen molar-refractivity contribution in [2.45, 2.75) is 26.7 Å². The van der Waals surface area contributed by atoms with Crippen LogP contribution < -0.4 is 10.3 Å². The molecule has 0 aliphatic heterocycles. The minimum Gasteiger partial charge on any atom is -0.408 e. The van der Waals surface area contributed by atoms with E-state index in [1.807, 2.05) is 18.2 Å². The molecule has 2 nitrogen and oxygen atoms in total. The summed E-state index contributed by atoms with van der Waals surface area (Å²) in [6, 6.07) is 16.6. The summed E-state index contributed by atoms with van der Waals surface area (Å²) in [7, 11) is 0. The summed E-state index contributed by atoms with van der Waals surface area (Å²) in [6.07, 6.45) is 2.28. The van der Waals surface area contributed by atoms with Gasteiger partial charge in [0.05, 0.1) is 0 Å². The van der Waals surface area contributed by atoms with E-state index in [1.165, 1.54) is 5.56 Å². The summed E-state index contributed by atoms with van der Waals surface area (Å²) < 4.78 is 0. The van der Waals surface area contributed by atoms with E-state index < -0.39 is 0 Å². The van der Waals surface area contributed by atoms with Crippen LogP contribution in [0.1, 0.15) is 25.3 Å². The lowest BCUT2D eigenvalue weighted by Gasteiger charge is -2.14. The maximum absolute atomic E-state index is 5.77. The molecule has 2 aromatic carbocycles. The smallest absolute Gasteiger partial charge is 0.157 e. The van der Waals surface area contributed by atoms with Crippen molar-refractivity contribution in [1.82, 2.24) is 5.48 Å². The Balaban J connectivity index is 2.21. The highest BCUT2D eigenvalue weighted by Gasteiger charge is 2.08. The standard InChI is InChI=1S/C17H21NO/c1-3-4-13-18-19-17-14(2)9-8-12-16(17)15-10-6-5-7-11-15/h5-12,18H,3-4,13H2,1-2H3. The van der Waals surface area contributed by atoms with Crippen LogP contribution in [0.25, 0.3) is 11.1 Å². The number of para-hydroxylation sites is 1. The number of benzene rings is 2. The molecular weight excluding hydrogens is 234 g/mol. The van der Waals surface area contributed by atoms with E-state index >= 15 is 0 Å². The van der Waals surface area contributed by atoms with E-state index in [9.17, 15) is 0 Å². The Hall–Kier alpha value is -1.80. The minimum absolute atomic E-state index is 0.874. The fourth-order valence-corrected chi connectivity index (χ4v) is 2.01. The van der Waals surface area contributed by atoms with Gasteiger partial charge in [0, 0.05) is 12.1 Å². The lowest BCUT2D eigenvalue weighted by Crippen LogP contribution is -2.20. The normalized spacial score (nSPS) is 10.4. The predicted octanol–water partition coefficient (Wildman–Crippen LogP) is 4.35. The Labute approximate surface area is 115 Å². The van der Waals surface area contributed by atoms with Crippen molar-refractivity contribution in [3.05, 3.63) is 54.1 Å². The molecule has 0 unspecified atom stereocenters. The summed E-state index contributed by atoms with van der Waals surface area (Å²) in [5.74, 6) is 0.921. The first kappa shape index (κ1) is 13.6. The van der Waals surface area contributed by atoms with E-state index in [1.54, 1.807) is 0 Å². The molecule has 0 saturated heterocycles. The van der Waals surface area contributed by atoms with E-state index in [0.717, 1.165) is 36.3 Å². The van der Waals surface area contributed by atoms with Gasteiger partial charge < -0.3 is 4.84 Å². The van der Waals surface area contributed by atoms with Gasteiger partial charge in [0.15, 0.2) is 5.75 Å². The van der Waals surface area contributed by atoms with Gasteiger partial charge in [0.1, 0.15) is 0 Å². The predicted molar refractivity (Wildman–Crippen MR) is 80.2 cm³/mol. The third-order valence-electron chi connectivity index (χ3n) is 3.10. The number of aryl methyl sites for hydroxylation is 1. The zero-order chi connectivity index (χ0) is 13.5. The molecule has 100 valence electrons. The van der Waals surface area contributed by atoms with E-state index in [0.29, 0.717) is 0 Å². The van der Waals surface area contributed by atoms with Crippen molar-refractivity contribution >= 4 is 0 Å². The van der Waals surface area contributed by atoms with Crippen molar-refractivity contribution in [3.8, 4) is 16.9 Å². The molecule has 0 radical (unpaired) electrons. The van der Waals surface area contributed by atoms with Gasteiger partial charge in [-0.1, -0.05) is 61.9 Å². The lowest BCUT2D eigenvalue weighted by atomic mass is 10.0. The summed E-state index contributed by atoms with van der Waals surface area (Å²) >= 11 is 0. The van der Waals surface area contributed by atoms with Crippen LogP contribution in [0.4, 0.5) is 0 Å². The molecule has 0 spiro atoms. The third-order valence-corrected chi connectivity index (χ3v) is 3.10. The Morgan fingerprint density at radius 1 is 1.00 bits per heavy atom. The van der Waals surface area contributed by atoms with Crippen molar-refractivity contribution in [2.24, 2.45) is 0 Å². The third kappa shape index (κ3) is 3.58. The van der Waals surface area contributed by atoms with Crippen molar-refractivity contribution in [3.63, 3.8) is 0 Å². The lowest BCUT2D eigenvalue weighted by molar-refractivity contribution is 0.194. The maximum atomic E-state index is 5.77. The molecular formula is C17H21NO. The number of hydrogen-bond acceptors (Lipinski definition) is 2. The van der Waals surface area contributed by atoms with Gasteiger partial charge in [-0.2, -0.15) is 5.48 Å². The van der Waals surface area contributed by atoms with Crippen LogP contribution in [0.5, 0.6) is 5.75 Å². The molecule has 0 aliphatic rings. The molecule has 0 aliphatic carbocycles. The van der Waals surface area contributed by atoms with Crippen LogP contribution >= 0.6 is 0 Å². The molecule has 0 saturated carbocycles. The number of nitrogens with one attached hydrogen (secondary N) is 1. The van der Waals surface area contributed by atoms with Gasteiger partial charge in [-0.25, -0.2) is 0 Å². The first-order chi connectivity index (χ1) is 9.33. The molecule has 1 N–H and O–H groups in total. The average Bonchev–Trinajstić information content (AvgIpc) is 2.46. The Morgan fingerprint density at radius 3 is 2.53 bits per heavy atom. The van der Waals surface area contributed by atoms with Crippen molar-refractivity contribution < 1.29 is 4.84 Å². The topological polar surface area (TPSA) is 21.3 Å². The summed E-state index contributed by atoms with van der Waals surface area (Å²) in [4.78, 5) is 5.77. The number of hydroxylamine groups is 1. The molecule has 0 bridgehead atoms. The summed E-state index contributed by atoms with van der Waals surface area (Å²) in [5, 5.41) is 0. The molecule has 0 amide bonds. The zero-order valence-corrected chi connectivity index (χ0v) is 11.6. The second-order valence-corrected chi connectivity index (χ2v) is 4.67. The first-order valence-electron chi connectivity index (χ1n) is 6.87. The van der Waals surface area contributed by atoms with E-state index in [4.69, 9.17) is 4.84 Å². The highest BCUT2D eigenvalue weighted by molar-refractivity contribution is 5.71. The SMILES string of the molecule is CCCCNOc1c(C)cccc1-c1ccccc1. The fourth-order valence-electron chi connectivity index (χ4n) is 2.01. The average molecular weight is 255 g/mol. The van der Waals surface area contributed by atoms with Gasteiger partial charge in [-0.3, -0.25) is 0 Å². The summed E-state index contributed by atoms with van der Waals surface area (Å²) in [6.45, 7) is 5.12. The van der Waals surface area contributed by atoms with Crippen molar-refractivity contribution in [2.75, 3.05) is 6.54 Å². The van der Waals surface area contributed by atoms with Gasteiger partial charge >= 0.3 is 0 Å². The monoisotopic (exact) mass is 255 g/mol. The molecule has 2 heteroatoms. The molecule has 19 heavy (non-hydrogen) atoms. The quantitative estimate of drug-likeness (QED) is 0.612. The van der Waals surface area contributed by atoms with Crippen LogP contribution in [0, 0.1) is 6.92 Å². The number of hydrogen-bond donors (Lipinski definition) is 1. The number of unbranched alkanes of at least 4 members (excludes halogenated alkanes) is 1. The van der Waals surface area contributed by atoms with E-state index in [2.05, 4.69) is 49.7 Å². The van der Waals surface area contributed by atoms with Crippen LogP contribution in [-0.2, 0) is 0 Å². The molecule has 2 rings (SSSR count). The first-order valence-corrected chi connectivity index (χ1v) is 6.87. The van der Waals surface area contributed by atoms with Crippen LogP contribution in [0.3, 0.4) is 0 Å². The van der Waals surface area contributed by atoms with Crippen LogP contribution in [-0.4, -0.2) is 6.54 Å². The zero-order valence-electron chi connectivity index (χ0n) is 11.6. The second kappa shape index (κ2) is 6.95. The van der Waals surface area contributed by atoms with Gasteiger partial charge in [0.2, 0.25) is 0 Å². The maximum Gasteiger partial charge on any atom is 0.157 e. The number of rotatable bonds is 6. The van der Waals surface area contributed by atoms with Gasteiger partial charge in [-0.15, -0.1) is 0 Å². The van der Waals surface area contributed by atoms with Gasteiger partial charge in [-0.05, 0) is 24.5 Å². The molecule has 0 fully saturated rings. The molecule has 2 aromatic rings.